The number of methoxy groups -OCH3 is 1. The first-order chi connectivity index (χ1) is 17.6. The van der Waals surface area contributed by atoms with Crippen molar-refractivity contribution in [1.29, 1.82) is 0 Å². The summed E-state index contributed by atoms with van der Waals surface area (Å²) in [4.78, 5) is 27.2. The van der Waals surface area contributed by atoms with Gasteiger partial charge >= 0.3 is 5.69 Å². The summed E-state index contributed by atoms with van der Waals surface area (Å²) in [5, 5.41) is 0.336. The molecule has 1 unspecified atom stereocenters. The SMILES string of the molecule is COc1cccc(-c2c(C)n(Cc3c(F)cccc3F)c(=O)n(CC(N)c3ccccc3Cl)c2=O)c1F. The fourth-order valence-electron chi connectivity index (χ4n) is 4.23. The lowest BCUT2D eigenvalue weighted by Crippen LogP contribution is -2.44. The van der Waals surface area contributed by atoms with Crippen LogP contribution in [0.15, 0.2) is 70.3 Å². The third-order valence-corrected chi connectivity index (χ3v) is 6.55. The molecule has 0 aliphatic rings. The van der Waals surface area contributed by atoms with Crippen LogP contribution in [0, 0.1) is 24.4 Å². The van der Waals surface area contributed by atoms with E-state index in [0.29, 0.717) is 10.6 Å². The summed E-state index contributed by atoms with van der Waals surface area (Å²) in [6, 6.07) is 13.3. The van der Waals surface area contributed by atoms with Crippen LogP contribution in [0.1, 0.15) is 22.9 Å². The fourth-order valence-corrected chi connectivity index (χ4v) is 4.51. The Balaban J connectivity index is 1.98. The van der Waals surface area contributed by atoms with Crippen molar-refractivity contribution < 1.29 is 17.9 Å². The predicted molar refractivity (Wildman–Crippen MR) is 135 cm³/mol. The van der Waals surface area contributed by atoms with E-state index in [9.17, 15) is 18.4 Å². The maximum absolute atomic E-state index is 15.3. The Labute approximate surface area is 215 Å². The molecule has 0 spiro atoms. The van der Waals surface area contributed by atoms with Gasteiger partial charge in [0.25, 0.3) is 5.56 Å². The van der Waals surface area contributed by atoms with Gasteiger partial charge in [-0.3, -0.25) is 13.9 Å². The third kappa shape index (κ3) is 4.92. The van der Waals surface area contributed by atoms with Crippen LogP contribution in [-0.2, 0) is 13.1 Å². The molecule has 3 aromatic carbocycles. The van der Waals surface area contributed by atoms with E-state index in [-0.39, 0.29) is 34.7 Å². The second kappa shape index (κ2) is 10.7. The van der Waals surface area contributed by atoms with Crippen LogP contribution in [0.5, 0.6) is 5.75 Å². The number of hydrogen-bond acceptors (Lipinski definition) is 4. The van der Waals surface area contributed by atoms with Gasteiger partial charge in [-0.25, -0.2) is 18.0 Å². The van der Waals surface area contributed by atoms with Crippen molar-refractivity contribution >= 4 is 11.6 Å². The highest BCUT2D eigenvalue weighted by molar-refractivity contribution is 6.31. The number of benzene rings is 3. The number of halogens is 4. The molecule has 0 bridgehead atoms. The number of nitrogens with zero attached hydrogens (tertiary/aromatic N) is 2. The van der Waals surface area contributed by atoms with Gasteiger partial charge in [0, 0.05) is 27.9 Å². The molecule has 0 radical (unpaired) electrons. The first kappa shape index (κ1) is 26.2. The Bertz CT molecular complexity index is 1580. The van der Waals surface area contributed by atoms with Crippen LogP contribution in [-0.4, -0.2) is 16.2 Å². The van der Waals surface area contributed by atoms with Crippen LogP contribution >= 0.6 is 11.6 Å². The second-order valence-electron chi connectivity index (χ2n) is 8.39. The number of hydrogen-bond donors (Lipinski definition) is 1. The molecule has 1 atom stereocenters. The highest BCUT2D eigenvalue weighted by Gasteiger charge is 2.24. The number of rotatable bonds is 7. The summed E-state index contributed by atoms with van der Waals surface area (Å²) in [5.74, 6) is -2.68. The summed E-state index contributed by atoms with van der Waals surface area (Å²) >= 11 is 6.25. The molecule has 6 nitrogen and oxygen atoms in total. The van der Waals surface area contributed by atoms with E-state index >= 15 is 4.39 Å². The van der Waals surface area contributed by atoms with Crippen LogP contribution in [0.25, 0.3) is 11.1 Å². The van der Waals surface area contributed by atoms with Gasteiger partial charge < -0.3 is 10.5 Å². The van der Waals surface area contributed by atoms with Crippen molar-refractivity contribution in [2.45, 2.75) is 26.1 Å². The van der Waals surface area contributed by atoms with Crippen molar-refractivity contribution in [3.63, 3.8) is 0 Å². The maximum Gasteiger partial charge on any atom is 0.331 e. The number of ether oxygens (including phenoxy) is 1. The molecule has 4 rings (SSSR count). The van der Waals surface area contributed by atoms with Crippen molar-refractivity contribution in [3.05, 3.63) is 121 Å². The molecule has 37 heavy (non-hydrogen) atoms. The minimum absolute atomic E-state index is 0.0207. The summed E-state index contributed by atoms with van der Waals surface area (Å²) in [6.45, 7) is 0.553. The molecular formula is C27H23ClF3N3O3. The van der Waals surface area contributed by atoms with Crippen LogP contribution < -0.4 is 21.7 Å². The van der Waals surface area contributed by atoms with Gasteiger partial charge in [0.15, 0.2) is 11.6 Å². The van der Waals surface area contributed by atoms with E-state index in [1.807, 2.05) is 0 Å². The average molecular weight is 530 g/mol. The van der Waals surface area contributed by atoms with Gasteiger partial charge in [0.1, 0.15) is 11.6 Å². The van der Waals surface area contributed by atoms with Crippen molar-refractivity contribution in [3.8, 4) is 16.9 Å². The van der Waals surface area contributed by atoms with Crippen molar-refractivity contribution in [2.75, 3.05) is 7.11 Å². The highest BCUT2D eigenvalue weighted by atomic mass is 35.5. The molecule has 0 aliphatic heterocycles. The summed E-state index contributed by atoms with van der Waals surface area (Å²) in [5.41, 5.74) is 4.45. The molecule has 0 saturated heterocycles. The molecule has 0 amide bonds. The normalized spacial score (nSPS) is 12.0. The van der Waals surface area contributed by atoms with E-state index in [0.717, 1.165) is 21.3 Å². The zero-order chi connectivity index (χ0) is 26.9. The Morgan fingerprint density at radius 2 is 1.59 bits per heavy atom. The molecule has 10 heteroatoms. The quantitative estimate of drug-likeness (QED) is 0.372. The van der Waals surface area contributed by atoms with Gasteiger partial charge in [-0.05, 0) is 36.8 Å². The van der Waals surface area contributed by atoms with E-state index in [1.165, 1.54) is 38.3 Å². The molecule has 0 saturated carbocycles. The largest absolute Gasteiger partial charge is 0.494 e. The van der Waals surface area contributed by atoms with Gasteiger partial charge in [-0.1, -0.05) is 48.0 Å². The molecule has 4 aromatic rings. The summed E-state index contributed by atoms with van der Waals surface area (Å²) in [6.07, 6.45) is 0. The zero-order valence-electron chi connectivity index (χ0n) is 20.0. The van der Waals surface area contributed by atoms with Gasteiger partial charge in [0.2, 0.25) is 0 Å². The van der Waals surface area contributed by atoms with Crippen LogP contribution in [0.2, 0.25) is 5.02 Å². The third-order valence-electron chi connectivity index (χ3n) is 6.20. The molecule has 1 heterocycles. The molecule has 192 valence electrons. The van der Waals surface area contributed by atoms with Crippen LogP contribution in [0.3, 0.4) is 0 Å². The van der Waals surface area contributed by atoms with E-state index < -0.39 is 41.3 Å². The monoisotopic (exact) mass is 529 g/mol. The lowest BCUT2D eigenvalue weighted by Gasteiger charge is -2.21. The molecule has 1 aromatic heterocycles. The van der Waals surface area contributed by atoms with Crippen molar-refractivity contribution in [2.24, 2.45) is 5.73 Å². The van der Waals surface area contributed by atoms with Crippen LogP contribution in [0.4, 0.5) is 13.2 Å². The van der Waals surface area contributed by atoms with Gasteiger partial charge in [0.05, 0.1) is 25.8 Å². The number of aromatic nitrogens is 2. The minimum Gasteiger partial charge on any atom is -0.494 e. The van der Waals surface area contributed by atoms with E-state index in [2.05, 4.69) is 0 Å². The molecular weight excluding hydrogens is 507 g/mol. The fraction of sp³-hybridized carbons (Fsp3) is 0.185. The maximum atomic E-state index is 15.3. The first-order valence-corrected chi connectivity index (χ1v) is 11.6. The summed E-state index contributed by atoms with van der Waals surface area (Å²) in [7, 11) is 1.28. The van der Waals surface area contributed by atoms with Gasteiger partial charge in [-0.2, -0.15) is 0 Å². The molecule has 0 aliphatic carbocycles. The Kier molecular flexibility index (Phi) is 7.56. The van der Waals surface area contributed by atoms with Gasteiger partial charge in [-0.15, -0.1) is 0 Å². The summed E-state index contributed by atoms with van der Waals surface area (Å²) < 4.78 is 51.2. The minimum atomic E-state index is -0.886. The first-order valence-electron chi connectivity index (χ1n) is 11.3. The second-order valence-corrected chi connectivity index (χ2v) is 8.80. The lowest BCUT2D eigenvalue weighted by molar-refractivity contribution is 0.387. The molecule has 2 N–H and O–H groups in total. The Morgan fingerprint density at radius 1 is 0.946 bits per heavy atom. The van der Waals surface area contributed by atoms with Crippen molar-refractivity contribution in [1.82, 2.24) is 9.13 Å². The Morgan fingerprint density at radius 3 is 2.24 bits per heavy atom. The lowest BCUT2D eigenvalue weighted by atomic mass is 10.0. The van der Waals surface area contributed by atoms with E-state index in [1.54, 1.807) is 24.3 Å². The standard InChI is InChI=1S/C27H23ClF3N3O3/c1-15-24(17-8-5-12-23(37-2)25(17)31)26(35)34(14-22(32)16-7-3-4-9-19(16)28)27(36)33(15)13-18-20(29)10-6-11-21(18)30/h3-12,22H,13-14,32H2,1-2H3. The predicted octanol–water partition coefficient (Wildman–Crippen LogP) is 4.81. The highest BCUT2D eigenvalue weighted by Crippen LogP contribution is 2.29. The number of nitrogens with two attached hydrogens (primary N) is 1. The topological polar surface area (TPSA) is 79.2 Å². The zero-order valence-corrected chi connectivity index (χ0v) is 20.7. The Hall–Kier alpha value is -3.82. The average Bonchev–Trinajstić information content (AvgIpc) is 2.87. The van der Waals surface area contributed by atoms with E-state index in [4.69, 9.17) is 22.1 Å². The molecule has 0 fully saturated rings. The smallest absolute Gasteiger partial charge is 0.331 e.